The van der Waals surface area contributed by atoms with Crippen molar-refractivity contribution in [1.82, 2.24) is 5.16 Å². The monoisotopic (exact) mass is 167 g/mol. The molecule has 0 radical (unpaired) electrons. The van der Waals surface area contributed by atoms with Crippen LogP contribution in [0.3, 0.4) is 0 Å². The molecule has 4 heteroatoms. The summed E-state index contributed by atoms with van der Waals surface area (Å²) in [6.07, 6.45) is 4.08. The molecule has 0 amide bonds. The molecule has 12 heavy (non-hydrogen) atoms. The number of hydrogen-bond acceptors (Lipinski definition) is 3. The normalized spacial score (nSPS) is 21.8. The molecule has 1 aromatic heterocycles. The van der Waals surface area contributed by atoms with E-state index in [-0.39, 0.29) is 0 Å². The summed E-state index contributed by atoms with van der Waals surface area (Å²) in [5.41, 5.74) is 0.952. The van der Waals surface area contributed by atoms with Crippen molar-refractivity contribution in [2.24, 2.45) is 0 Å². The summed E-state index contributed by atoms with van der Waals surface area (Å²) in [4.78, 5) is 10.7. The molecule has 1 aromatic rings. The van der Waals surface area contributed by atoms with Gasteiger partial charge in [0, 0.05) is 5.56 Å². The van der Waals surface area contributed by atoms with Crippen molar-refractivity contribution in [2.75, 3.05) is 0 Å². The zero-order chi connectivity index (χ0) is 8.55. The van der Waals surface area contributed by atoms with Crippen LogP contribution in [0.25, 0.3) is 0 Å². The second kappa shape index (κ2) is 2.62. The SMILES string of the molecule is O=C(O)C1CCCc2cnoc21. The van der Waals surface area contributed by atoms with Gasteiger partial charge in [0.25, 0.3) is 0 Å². The van der Waals surface area contributed by atoms with Crippen molar-refractivity contribution < 1.29 is 14.4 Å². The van der Waals surface area contributed by atoms with E-state index in [1.54, 1.807) is 6.20 Å². The van der Waals surface area contributed by atoms with Crippen molar-refractivity contribution in [3.8, 4) is 0 Å². The van der Waals surface area contributed by atoms with Crippen LogP contribution in [0.1, 0.15) is 30.1 Å². The predicted octanol–water partition coefficient (Wildman–Crippen LogP) is 1.18. The fraction of sp³-hybridized carbons (Fsp3) is 0.500. The van der Waals surface area contributed by atoms with Crippen LogP contribution in [0.5, 0.6) is 0 Å². The van der Waals surface area contributed by atoms with E-state index in [0.29, 0.717) is 12.2 Å². The first-order valence-electron chi connectivity index (χ1n) is 3.95. The highest BCUT2D eigenvalue weighted by atomic mass is 16.5. The van der Waals surface area contributed by atoms with Gasteiger partial charge in [-0.1, -0.05) is 5.16 Å². The average molecular weight is 167 g/mol. The maximum atomic E-state index is 10.7. The minimum absolute atomic E-state index is 0.476. The highest BCUT2D eigenvalue weighted by Gasteiger charge is 2.29. The maximum Gasteiger partial charge on any atom is 0.314 e. The largest absolute Gasteiger partial charge is 0.481 e. The predicted molar refractivity (Wildman–Crippen MR) is 39.8 cm³/mol. The van der Waals surface area contributed by atoms with E-state index in [4.69, 9.17) is 9.63 Å². The second-order valence-corrected chi connectivity index (χ2v) is 3.00. The van der Waals surface area contributed by atoms with Gasteiger partial charge in [0.2, 0.25) is 0 Å². The molecule has 0 aliphatic heterocycles. The molecule has 1 atom stereocenters. The van der Waals surface area contributed by atoms with E-state index >= 15 is 0 Å². The van der Waals surface area contributed by atoms with Crippen LogP contribution in [0, 0.1) is 0 Å². The van der Waals surface area contributed by atoms with Gasteiger partial charge < -0.3 is 9.63 Å². The minimum Gasteiger partial charge on any atom is -0.481 e. The van der Waals surface area contributed by atoms with Crippen molar-refractivity contribution in [1.29, 1.82) is 0 Å². The molecule has 0 bridgehead atoms. The van der Waals surface area contributed by atoms with Gasteiger partial charge in [0.15, 0.2) is 5.76 Å². The third kappa shape index (κ3) is 0.995. The summed E-state index contributed by atoms with van der Waals surface area (Å²) >= 11 is 0. The molecule has 2 rings (SSSR count). The number of aryl methyl sites for hydroxylation is 1. The Morgan fingerprint density at radius 3 is 3.33 bits per heavy atom. The molecule has 0 saturated heterocycles. The number of rotatable bonds is 1. The molecular formula is C8H9NO3. The number of nitrogens with zero attached hydrogens (tertiary/aromatic N) is 1. The summed E-state index contributed by atoms with van der Waals surface area (Å²) in [7, 11) is 0. The standard InChI is InChI=1S/C8H9NO3/c10-8(11)6-3-1-2-5-4-9-12-7(5)6/h4,6H,1-3H2,(H,10,11). The van der Waals surface area contributed by atoms with Crippen molar-refractivity contribution in [2.45, 2.75) is 25.2 Å². The molecule has 1 aliphatic rings. The number of carboxylic acid groups (broad SMARTS) is 1. The van der Waals surface area contributed by atoms with E-state index in [1.807, 2.05) is 0 Å². The number of carbonyl (C=O) groups is 1. The Kier molecular flexibility index (Phi) is 1.60. The third-order valence-electron chi connectivity index (χ3n) is 2.23. The van der Waals surface area contributed by atoms with E-state index in [9.17, 15) is 4.79 Å². The van der Waals surface area contributed by atoms with E-state index in [0.717, 1.165) is 18.4 Å². The quantitative estimate of drug-likeness (QED) is 0.682. The van der Waals surface area contributed by atoms with Crippen LogP contribution < -0.4 is 0 Å². The zero-order valence-corrected chi connectivity index (χ0v) is 6.49. The Labute approximate surface area is 69.2 Å². The minimum atomic E-state index is -0.812. The number of fused-ring (bicyclic) bond motifs is 1. The van der Waals surface area contributed by atoms with Gasteiger partial charge in [0.05, 0.1) is 6.20 Å². The highest BCUT2D eigenvalue weighted by molar-refractivity contribution is 5.75. The van der Waals surface area contributed by atoms with Crippen LogP contribution >= 0.6 is 0 Å². The van der Waals surface area contributed by atoms with Gasteiger partial charge in [-0.2, -0.15) is 0 Å². The lowest BCUT2D eigenvalue weighted by Gasteiger charge is -2.15. The molecule has 1 N–H and O–H groups in total. The first kappa shape index (κ1) is 7.34. The number of aliphatic carboxylic acids is 1. The van der Waals surface area contributed by atoms with E-state index in [2.05, 4.69) is 5.16 Å². The van der Waals surface area contributed by atoms with Crippen LogP contribution in [0.15, 0.2) is 10.7 Å². The van der Waals surface area contributed by atoms with Gasteiger partial charge in [-0.25, -0.2) is 0 Å². The first-order valence-corrected chi connectivity index (χ1v) is 3.95. The van der Waals surface area contributed by atoms with Crippen LogP contribution in [0.4, 0.5) is 0 Å². The van der Waals surface area contributed by atoms with Crippen molar-refractivity contribution >= 4 is 5.97 Å². The Bertz CT molecular complexity index is 305. The summed E-state index contributed by atoms with van der Waals surface area (Å²) < 4.78 is 4.90. The average Bonchev–Trinajstić information content (AvgIpc) is 2.49. The lowest BCUT2D eigenvalue weighted by molar-refractivity contribution is -0.139. The number of aromatic nitrogens is 1. The Balaban J connectivity index is 2.37. The Hall–Kier alpha value is -1.32. The van der Waals surface area contributed by atoms with E-state index < -0.39 is 11.9 Å². The number of carboxylic acids is 1. The van der Waals surface area contributed by atoms with Crippen LogP contribution in [-0.4, -0.2) is 16.2 Å². The molecule has 4 nitrogen and oxygen atoms in total. The fourth-order valence-electron chi connectivity index (χ4n) is 1.61. The molecule has 0 saturated carbocycles. The first-order chi connectivity index (χ1) is 5.79. The molecule has 1 aliphatic carbocycles. The zero-order valence-electron chi connectivity index (χ0n) is 6.49. The second-order valence-electron chi connectivity index (χ2n) is 3.00. The molecule has 0 fully saturated rings. The molecule has 0 aromatic carbocycles. The lowest BCUT2D eigenvalue weighted by Crippen LogP contribution is -2.16. The van der Waals surface area contributed by atoms with Gasteiger partial charge in [-0.05, 0) is 19.3 Å². The molecular weight excluding hydrogens is 158 g/mol. The van der Waals surface area contributed by atoms with Gasteiger partial charge in [-0.15, -0.1) is 0 Å². The Morgan fingerprint density at radius 1 is 1.75 bits per heavy atom. The maximum absolute atomic E-state index is 10.7. The molecule has 64 valence electrons. The topological polar surface area (TPSA) is 63.3 Å². The van der Waals surface area contributed by atoms with Gasteiger partial charge in [0.1, 0.15) is 5.92 Å². The third-order valence-corrected chi connectivity index (χ3v) is 2.23. The molecule has 1 heterocycles. The van der Waals surface area contributed by atoms with Crippen LogP contribution in [-0.2, 0) is 11.2 Å². The summed E-state index contributed by atoms with van der Waals surface area (Å²) in [6, 6.07) is 0. The van der Waals surface area contributed by atoms with Crippen molar-refractivity contribution in [3.63, 3.8) is 0 Å². The van der Waals surface area contributed by atoms with Gasteiger partial charge in [-0.3, -0.25) is 4.79 Å². The van der Waals surface area contributed by atoms with E-state index in [1.165, 1.54) is 0 Å². The lowest BCUT2D eigenvalue weighted by atomic mass is 9.89. The highest BCUT2D eigenvalue weighted by Crippen LogP contribution is 2.31. The fourth-order valence-corrected chi connectivity index (χ4v) is 1.61. The van der Waals surface area contributed by atoms with Gasteiger partial charge >= 0.3 is 5.97 Å². The molecule has 0 spiro atoms. The summed E-state index contributed by atoms with van der Waals surface area (Å²) in [5.74, 6) is -0.738. The molecule has 1 unspecified atom stereocenters. The van der Waals surface area contributed by atoms with Crippen LogP contribution in [0.2, 0.25) is 0 Å². The smallest absolute Gasteiger partial charge is 0.314 e. The Morgan fingerprint density at radius 2 is 2.58 bits per heavy atom. The summed E-state index contributed by atoms with van der Waals surface area (Å²) in [6.45, 7) is 0. The number of hydrogen-bond donors (Lipinski definition) is 1. The summed E-state index contributed by atoms with van der Waals surface area (Å²) in [5, 5.41) is 12.4. The van der Waals surface area contributed by atoms with Crippen molar-refractivity contribution in [3.05, 3.63) is 17.5 Å².